The van der Waals surface area contributed by atoms with Crippen LogP contribution in [0, 0.1) is 0 Å². The van der Waals surface area contributed by atoms with Crippen molar-refractivity contribution >= 4 is 76.6 Å². The van der Waals surface area contributed by atoms with Gasteiger partial charge >= 0.3 is 0 Å². The van der Waals surface area contributed by atoms with Gasteiger partial charge in [0.05, 0.1) is 44.2 Å². The van der Waals surface area contributed by atoms with Crippen molar-refractivity contribution in [2.75, 3.05) is 0 Å². The summed E-state index contributed by atoms with van der Waals surface area (Å²) in [7, 11) is 0. The fourth-order valence-electron chi connectivity index (χ4n) is 10.5. The summed E-state index contributed by atoms with van der Waals surface area (Å²) in [4.78, 5) is 5.17. The van der Waals surface area contributed by atoms with E-state index in [0.29, 0.717) is 0 Å². The van der Waals surface area contributed by atoms with Gasteiger partial charge in [-0.15, -0.1) is 0 Å². The topological polar surface area (TPSA) is 40.8 Å². The first-order valence-electron chi connectivity index (χ1n) is 22.5. The minimum Gasteiger partial charge on any atom is -0.456 e. The number of hydrogen-bond acceptors (Lipinski definition) is 2. The minimum absolute atomic E-state index is 0.841. The van der Waals surface area contributed by atoms with Gasteiger partial charge in [0.2, 0.25) is 0 Å². The first kappa shape index (κ1) is 36.5. The zero-order valence-corrected chi connectivity index (χ0v) is 35.6. The van der Waals surface area contributed by atoms with Crippen molar-refractivity contribution in [1.29, 1.82) is 0 Å². The number of benzene rings is 10. The lowest BCUT2D eigenvalue weighted by Gasteiger charge is -2.11. The number of fused-ring (bicyclic) bond motifs is 10. The maximum atomic E-state index is 6.61. The first-order valence-corrected chi connectivity index (χ1v) is 22.5. The monoisotopic (exact) mass is 842 g/mol. The average molecular weight is 843 g/mol. The van der Waals surface area contributed by atoms with E-state index in [1.54, 1.807) is 0 Å². The Kier molecular flexibility index (Phi) is 7.91. The normalized spacial score (nSPS) is 11.9. The SMILES string of the molecule is c1ccc(-c2nc3ccccc3n2-c2cccc3oc4ccc(-c5ccc6c(c5)c5cc(-c7ccc8c(c7)c7ccccc7n8-c7ccccc7)ccc5n6-c5ccccc5)cc4c23)cc1. The van der Waals surface area contributed by atoms with Crippen LogP contribution in [-0.4, -0.2) is 18.7 Å². The minimum atomic E-state index is 0.841. The summed E-state index contributed by atoms with van der Waals surface area (Å²) in [6, 6.07) is 82.7. The molecule has 4 heterocycles. The van der Waals surface area contributed by atoms with E-state index in [9.17, 15) is 0 Å². The van der Waals surface area contributed by atoms with Crippen molar-refractivity contribution in [2.45, 2.75) is 0 Å². The Morgan fingerprint density at radius 3 is 1.41 bits per heavy atom. The largest absolute Gasteiger partial charge is 0.456 e. The third-order valence-electron chi connectivity index (χ3n) is 13.4. The molecule has 308 valence electrons. The highest BCUT2D eigenvalue weighted by Crippen LogP contribution is 2.42. The van der Waals surface area contributed by atoms with Gasteiger partial charge in [-0.25, -0.2) is 4.98 Å². The van der Waals surface area contributed by atoms with Gasteiger partial charge in [0.1, 0.15) is 17.0 Å². The van der Waals surface area contributed by atoms with Crippen LogP contribution in [-0.2, 0) is 0 Å². The second kappa shape index (κ2) is 14.3. The van der Waals surface area contributed by atoms with Gasteiger partial charge in [0.15, 0.2) is 0 Å². The molecule has 0 radical (unpaired) electrons. The van der Waals surface area contributed by atoms with Crippen LogP contribution in [0.3, 0.4) is 0 Å². The Morgan fingerprint density at radius 2 is 0.788 bits per heavy atom. The quantitative estimate of drug-likeness (QED) is 0.167. The van der Waals surface area contributed by atoms with Gasteiger partial charge < -0.3 is 13.6 Å². The molecule has 0 atom stereocenters. The number of furan rings is 1. The van der Waals surface area contributed by atoms with E-state index < -0.39 is 0 Å². The maximum Gasteiger partial charge on any atom is 0.145 e. The highest BCUT2D eigenvalue weighted by atomic mass is 16.3. The summed E-state index contributed by atoms with van der Waals surface area (Å²) in [6.07, 6.45) is 0. The number of aromatic nitrogens is 4. The van der Waals surface area contributed by atoms with Crippen molar-refractivity contribution in [3.05, 3.63) is 231 Å². The van der Waals surface area contributed by atoms with Crippen LogP contribution < -0.4 is 0 Å². The van der Waals surface area contributed by atoms with Gasteiger partial charge in [-0.1, -0.05) is 127 Å². The molecule has 4 aromatic heterocycles. The lowest BCUT2D eigenvalue weighted by atomic mass is 9.98. The highest BCUT2D eigenvalue weighted by molar-refractivity contribution is 6.15. The van der Waals surface area contributed by atoms with E-state index in [0.717, 1.165) is 78.1 Å². The molecule has 14 rings (SSSR count). The number of rotatable bonds is 6. The summed E-state index contributed by atoms with van der Waals surface area (Å²) < 4.78 is 13.7. The van der Waals surface area contributed by atoms with Crippen LogP contribution >= 0.6 is 0 Å². The molecule has 0 bridgehead atoms. The van der Waals surface area contributed by atoms with Crippen LogP contribution in [0.1, 0.15) is 0 Å². The molecule has 0 fully saturated rings. The van der Waals surface area contributed by atoms with Crippen LogP contribution in [0.25, 0.3) is 127 Å². The van der Waals surface area contributed by atoms with Gasteiger partial charge in [-0.3, -0.25) is 4.57 Å². The van der Waals surface area contributed by atoms with E-state index in [-0.39, 0.29) is 0 Å². The van der Waals surface area contributed by atoms with Crippen LogP contribution in [0.5, 0.6) is 0 Å². The lowest BCUT2D eigenvalue weighted by molar-refractivity contribution is 0.669. The second-order valence-electron chi connectivity index (χ2n) is 17.1. The Hall–Kier alpha value is -8.93. The average Bonchev–Trinajstić information content (AvgIpc) is 4.14. The molecule has 5 heteroatoms. The number of imidazole rings is 1. The molecular formula is C61H38N4O. The van der Waals surface area contributed by atoms with E-state index in [2.05, 4.69) is 238 Å². The molecule has 0 amide bonds. The summed E-state index contributed by atoms with van der Waals surface area (Å²) in [5, 5.41) is 7.01. The molecule has 0 aliphatic heterocycles. The Balaban J connectivity index is 0.952. The molecule has 0 aliphatic rings. The summed E-state index contributed by atoms with van der Waals surface area (Å²) in [6.45, 7) is 0. The Morgan fingerprint density at radius 1 is 0.303 bits per heavy atom. The Labute approximate surface area is 379 Å². The van der Waals surface area contributed by atoms with E-state index in [1.165, 1.54) is 49.2 Å². The van der Waals surface area contributed by atoms with Crippen LogP contribution in [0.2, 0.25) is 0 Å². The fraction of sp³-hybridized carbons (Fsp3) is 0. The summed E-state index contributed by atoms with van der Waals surface area (Å²) >= 11 is 0. The molecule has 0 spiro atoms. The van der Waals surface area contributed by atoms with Gasteiger partial charge in [-0.05, 0) is 125 Å². The van der Waals surface area contributed by atoms with E-state index >= 15 is 0 Å². The van der Waals surface area contributed by atoms with Crippen LogP contribution in [0.15, 0.2) is 235 Å². The Bertz CT molecular complexity index is 4210. The number of nitrogens with zero attached hydrogens (tertiary/aromatic N) is 4. The third kappa shape index (κ3) is 5.50. The van der Waals surface area contributed by atoms with Crippen molar-refractivity contribution in [3.63, 3.8) is 0 Å². The molecule has 10 aromatic carbocycles. The molecule has 0 aliphatic carbocycles. The summed E-state index contributed by atoms with van der Waals surface area (Å²) in [5.41, 5.74) is 17.4. The first-order chi connectivity index (χ1) is 32.7. The molecule has 14 aromatic rings. The zero-order valence-electron chi connectivity index (χ0n) is 35.6. The van der Waals surface area contributed by atoms with Crippen molar-refractivity contribution in [1.82, 2.24) is 18.7 Å². The molecular weight excluding hydrogens is 805 g/mol. The molecule has 66 heavy (non-hydrogen) atoms. The molecule has 0 N–H and O–H groups in total. The lowest BCUT2D eigenvalue weighted by Crippen LogP contribution is -1.98. The van der Waals surface area contributed by atoms with E-state index in [4.69, 9.17) is 9.40 Å². The van der Waals surface area contributed by atoms with Gasteiger partial charge in [-0.2, -0.15) is 0 Å². The predicted molar refractivity (Wildman–Crippen MR) is 273 cm³/mol. The second-order valence-corrected chi connectivity index (χ2v) is 17.1. The van der Waals surface area contributed by atoms with Crippen molar-refractivity contribution < 1.29 is 4.42 Å². The van der Waals surface area contributed by atoms with Gasteiger partial charge in [0, 0.05) is 43.9 Å². The molecule has 5 nitrogen and oxygen atoms in total. The smallest absolute Gasteiger partial charge is 0.145 e. The van der Waals surface area contributed by atoms with Gasteiger partial charge in [0.25, 0.3) is 0 Å². The summed E-state index contributed by atoms with van der Waals surface area (Å²) in [5.74, 6) is 0.897. The maximum absolute atomic E-state index is 6.61. The van der Waals surface area contributed by atoms with Crippen molar-refractivity contribution in [2.24, 2.45) is 0 Å². The predicted octanol–water partition coefficient (Wildman–Crippen LogP) is 16.1. The van der Waals surface area contributed by atoms with E-state index in [1.807, 2.05) is 6.07 Å². The molecule has 0 saturated carbocycles. The third-order valence-corrected chi connectivity index (χ3v) is 13.4. The zero-order chi connectivity index (χ0) is 43.3. The highest BCUT2D eigenvalue weighted by Gasteiger charge is 2.21. The molecule has 0 saturated heterocycles. The number of hydrogen-bond donors (Lipinski definition) is 0. The fourth-order valence-corrected chi connectivity index (χ4v) is 10.5. The molecule has 0 unspecified atom stereocenters. The standard InChI is InChI=1S/C61H38N4O/c1-4-15-39(16-5-1)61-62-51-22-11-13-24-56(51)65(61)57-25-14-26-59-60(57)50-38-43(30-34-58(50)66-59)42-29-33-55-49(37-42)48-36-41(28-32-54(48)64(55)45-19-8-3-9-20-45)40-27-31-53-47(35-40)46-21-10-12-23-52(46)63(53)44-17-6-2-7-18-44/h1-38H. The number of para-hydroxylation sites is 5. The van der Waals surface area contributed by atoms with Crippen molar-refractivity contribution in [3.8, 4) is 50.7 Å². The van der Waals surface area contributed by atoms with Crippen LogP contribution in [0.4, 0.5) is 0 Å².